The van der Waals surface area contributed by atoms with Crippen molar-refractivity contribution in [2.75, 3.05) is 6.61 Å². The number of esters is 1. The van der Waals surface area contributed by atoms with Crippen molar-refractivity contribution in [3.8, 4) is 0 Å². The lowest BCUT2D eigenvalue weighted by Gasteiger charge is -2.08. The molecule has 0 radical (unpaired) electrons. The molecule has 5 heteroatoms. The number of carbonyl (C=O) groups is 2. The largest absolute Gasteiger partial charge is 0.453 e. The van der Waals surface area contributed by atoms with Gasteiger partial charge in [-0.3, -0.25) is 4.79 Å². The summed E-state index contributed by atoms with van der Waals surface area (Å²) in [5.41, 5.74) is 1.73. The topological polar surface area (TPSA) is 59.2 Å². The van der Waals surface area contributed by atoms with Gasteiger partial charge in [-0.1, -0.05) is 0 Å². The van der Waals surface area contributed by atoms with Gasteiger partial charge < -0.3 is 9.72 Å². The van der Waals surface area contributed by atoms with Crippen molar-refractivity contribution >= 4 is 23.1 Å². The molecule has 0 atom stereocenters. The highest BCUT2D eigenvalue weighted by molar-refractivity contribution is 7.14. The van der Waals surface area contributed by atoms with E-state index >= 15 is 0 Å². The number of hydrogen-bond donors (Lipinski definition) is 1. The molecular formula is C15H15NO3S. The summed E-state index contributed by atoms with van der Waals surface area (Å²) in [6.45, 7) is -0.220. The second-order valence-corrected chi connectivity index (χ2v) is 5.99. The molecule has 2 aromatic rings. The van der Waals surface area contributed by atoms with E-state index in [-0.39, 0.29) is 12.4 Å². The lowest BCUT2D eigenvalue weighted by atomic mass is 9.99. The van der Waals surface area contributed by atoms with Crippen LogP contribution in [0.2, 0.25) is 0 Å². The molecule has 0 unspecified atom stereocenters. The Morgan fingerprint density at radius 1 is 1.30 bits per heavy atom. The summed E-state index contributed by atoms with van der Waals surface area (Å²) in [5, 5.41) is 0. The summed E-state index contributed by atoms with van der Waals surface area (Å²) in [6.07, 6.45) is 6.13. The second kappa shape index (κ2) is 5.63. The number of Topliss-reactive ketones (excluding diaryl/α,β-unsaturated/α-hetero) is 1. The van der Waals surface area contributed by atoms with Crippen LogP contribution in [0.5, 0.6) is 0 Å². The molecule has 2 heterocycles. The number of rotatable bonds is 4. The molecule has 0 saturated heterocycles. The Labute approximate surface area is 120 Å². The number of aromatic nitrogens is 1. The molecule has 0 saturated carbocycles. The van der Waals surface area contributed by atoms with Crippen LogP contribution in [-0.4, -0.2) is 23.3 Å². The number of H-pyrrole nitrogens is 1. The number of ketones is 1. The molecule has 20 heavy (non-hydrogen) atoms. The summed E-state index contributed by atoms with van der Waals surface area (Å²) >= 11 is 1.50. The number of thiophene rings is 1. The van der Waals surface area contributed by atoms with Gasteiger partial charge in [0.15, 0.2) is 6.61 Å². The van der Waals surface area contributed by atoms with Crippen LogP contribution >= 0.6 is 11.3 Å². The highest BCUT2D eigenvalue weighted by atomic mass is 32.1. The Morgan fingerprint density at radius 3 is 2.90 bits per heavy atom. The van der Waals surface area contributed by atoms with E-state index in [0.717, 1.165) is 12.8 Å². The molecule has 1 aliphatic carbocycles. The summed E-state index contributed by atoms with van der Waals surface area (Å²) in [6, 6.07) is 5.32. The van der Waals surface area contributed by atoms with Crippen molar-refractivity contribution in [1.82, 2.24) is 4.98 Å². The lowest BCUT2D eigenvalue weighted by Crippen LogP contribution is -2.13. The first-order valence-electron chi connectivity index (χ1n) is 6.69. The molecule has 3 rings (SSSR count). The minimum Gasteiger partial charge on any atom is -0.453 e. The third kappa shape index (κ3) is 2.67. The zero-order chi connectivity index (χ0) is 13.9. The van der Waals surface area contributed by atoms with E-state index in [2.05, 4.69) is 4.98 Å². The average molecular weight is 289 g/mol. The van der Waals surface area contributed by atoms with Gasteiger partial charge in [-0.25, -0.2) is 4.79 Å². The molecule has 4 nitrogen and oxygen atoms in total. The number of fused-ring (bicyclic) bond motifs is 1. The predicted octanol–water partition coefficient (Wildman–Crippen LogP) is 2.99. The fraction of sp³-hybridized carbons (Fsp3) is 0.333. The van der Waals surface area contributed by atoms with Crippen molar-refractivity contribution in [2.24, 2.45) is 0 Å². The van der Waals surface area contributed by atoms with E-state index in [1.165, 1.54) is 34.6 Å². The van der Waals surface area contributed by atoms with Gasteiger partial charge in [0.25, 0.3) is 0 Å². The number of aryl methyl sites for hydroxylation is 2. The van der Waals surface area contributed by atoms with Gasteiger partial charge in [-0.15, -0.1) is 11.3 Å². The number of hydrogen-bond acceptors (Lipinski definition) is 4. The third-order valence-electron chi connectivity index (χ3n) is 3.43. The van der Waals surface area contributed by atoms with Crippen LogP contribution in [0, 0.1) is 0 Å². The molecule has 0 aromatic carbocycles. The first-order chi connectivity index (χ1) is 9.74. The monoisotopic (exact) mass is 289 g/mol. The summed E-state index contributed by atoms with van der Waals surface area (Å²) in [5.74, 6) is -0.617. The minimum absolute atomic E-state index is 0.218. The van der Waals surface area contributed by atoms with Gasteiger partial charge in [0.1, 0.15) is 4.88 Å². The maximum Gasteiger partial charge on any atom is 0.348 e. The fourth-order valence-electron chi connectivity index (χ4n) is 2.38. The highest BCUT2D eigenvalue weighted by Crippen LogP contribution is 2.29. The molecule has 1 aliphatic rings. The second-order valence-electron chi connectivity index (χ2n) is 4.85. The number of carbonyl (C=O) groups excluding carboxylic acids is 2. The average Bonchev–Trinajstić information content (AvgIpc) is 3.12. The van der Waals surface area contributed by atoms with E-state index < -0.39 is 5.97 Å². The van der Waals surface area contributed by atoms with Crippen LogP contribution < -0.4 is 0 Å². The quantitative estimate of drug-likeness (QED) is 0.695. The van der Waals surface area contributed by atoms with Crippen LogP contribution in [0.25, 0.3) is 0 Å². The van der Waals surface area contributed by atoms with Crippen molar-refractivity contribution in [2.45, 2.75) is 25.7 Å². The molecule has 0 aliphatic heterocycles. The predicted molar refractivity (Wildman–Crippen MR) is 76.4 cm³/mol. The summed E-state index contributed by atoms with van der Waals surface area (Å²) < 4.78 is 5.09. The van der Waals surface area contributed by atoms with Gasteiger partial charge in [0.2, 0.25) is 5.78 Å². The Balaban J connectivity index is 1.62. The van der Waals surface area contributed by atoms with Gasteiger partial charge in [0.05, 0.1) is 5.69 Å². The molecule has 0 fully saturated rings. The number of aromatic amines is 1. The Kier molecular flexibility index (Phi) is 3.69. The van der Waals surface area contributed by atoms with E-state index in [1.54, 1.807) is 18.3 Å². The first-order valence-corrected chi connectivity index (χ1v) is 7.51. The molecule has 0 spiro atoms. The van der Waals surface area contributed by atoms with E-state index in [9.17, 15) is 9.59 Å². The number of nitrogens with one attached hydrogen (secondary N) is 1. The van der Waals surface area contributed by atoms with E-state index in [0.29, 0.717) is 10.6 Å². The normalized spacial score (nSPS) is 13.8. The molecular weight excluding hydrogens is 274 g/mol. The maximum absolute atomic E-state index is 12.0. The van der Waals surface area contributed by atoms with Crippen molar-refractivity contribution in [3.63, 3.8) is 0 Å². The zero-order valence-corrected chi connectivity index (χ0v) is 11.8. The standard InChI is InChI=1S/C15H15NO3S/c17-12(11-5-3-7-16-11)9-19-15(18)14-8-10-4-1-2-6-13(10)20-14/h3,5,7-8,16H,1-2,4,6,9H2. The van der Waals surface area contributed by atoms with Crippen LogP contribution in [0.15, 0.2) is 24.4 Å². The zero-order valence-electron chi connectivity index (χ0n) is 11.0. The molecule has 104 valence electrons. The maximum atomic E-state index is 12.0. The number of ether oxygens (including phenoxy) is 1. The molecule has 2 aromatic heterocycles. The van der Waals surface area contributed by atoms with Crippen LogP contribution in [0.1, 0.15) is 43.4 Å². The smallest absolute Gasteiger partial charge is 0.348 e. The summed E-state index contributed by atoms with van der Waals surface area (Å²) in [4.78, 5) is 28.4. The van der Waals surface area contributed by atoms with Crippen molar-refractivity contribution in [3.05, 3.63) is 45.4 Å². The van der Waals surface area contributed by atoms with Crippen LogP contribution in [-0.2, 0) is 17.6 Å². The SMILES string of the molecule is O=C(COC(=O)c1cc2c(s1)CCCC2)c1ccc[nH]1. The molecule has 1 N–H and O–H groups in total. The van der Waals surface area contributed by atoms with Crippen LogP contribution in [0.4, 0.5) is 0 Å². The highest BCUT2D eigenvalue weighted by Gasteiger charge is 2.19. The first kappa shape index (κ1) is 13.1. The third-order valence-corrected chi connectivity index (χ3v) is 4.65. The van der Waals surface area contributed by atoms with Crippen LogP contribution in [0.3, 0.4) is 0 Å². The lowest BCUT2D eigenvalue weighted by molar-refractivity contribution is 0.0478. The van der Waals surface area contributed by atoms with Gasteiger partial charge in [-0.2, -0.15) is 0 Å². The molecule has 0 amide bonds. The minimum atomic E-state index is -0.399. The van der Waals surface area contributed by atoms with Crippen molar-refractivity contribution in [1.29, 1.82) is 0 Å². The Bertz CT molecular complexity index is 604. The van der Waals surface area contributed by atoms with Gasteiger partial charge in [0, 0.05) is 11.1 Å². The summed E-state index contributed by atoms with van der Waals surface area (Å²) in [7, 11) is 0. The van der Waals surface area contributed by atoms with Gasteiger partial charge in [-0.05, 0) is 49.4 Å². The van der Waals surface area contributed by atoms with Gasteiger partial charge >= 0.3 is 5.97 Å². The molecule has 0 bridgehead atoms. The van der Waals surface area contributed by atoms with E-state index in [1.807, 2.05) is 6.07 Å². The Morgan fingerprint density at radius 2 is 2.15 bits per heavy atom. The van der Waals surface area contributed by atoms with E-state index in [4.69, 9.17) is 4.74 Å². The van der Waals surface area contributed by atoms with Crippen molar-refractivity contribution < 1.29 is 14.3 Å². The fourth-order valence-corrected chi connectivity index (χ4v) is 3.52. The Hall–Kier alpha value is -1.88.